The lowest BCUT2D eigenvalue weighted by Crippen LogP contribution is -2.61. The van der Waals surface area contributed by atoms with Gasteiger partial charge in [0, 0.05) is 13.0 Å². The number of amides is 3. The summed E-state index contributed by atoms with van der Waals surface area (Å²) in [6.45, 7) is 4.83. The lowest BCUT2D eigenvalue weighted by molar-refractivity contribution is -0.127. The van der Waals surface area contributed by atoms with E-state index in [4.69, 9.17) is 14.9 Å². The van der Waals surface area contributed by atoms with Gasteiger partial charge in [0.05, 0.1) is 6.54 Å². The van der Waals surface area contributed by atoms with Crippen LogP contribution in [0.15, 0.2) is 0 Å². The Morgan fingerprint density at radius 3 is 2.36 bits per heavy atom. The number of carboxylic acid groups (broad SMARTS) is 2. The zero-order valence-corrected chi connectivity index (χ0v) is 12.5. The minimum atomic E-state index is -1.63. The minimum absolute atomic E-state index is 0.0881. The Morgan fingerprint density at radius 1 is 1.32 bits per heavy atom. The number of carbonyl (C=O) groups excluding carboxylic acids is 2. The number of piperidine rings is 1. The number of rotatable bonds is 1. The molecule has 1 heterocycles. The van der Waals surface area contributed by atoms with Crippen molar-refractivity contribution in [3.63, 3.8) is 0 Å². The molecule has 0 saturated carbocycles. The van der Waals surface area contributed by atoms with Crippen LogP contribution >= 0.6 is 0 Å². The van der Waals surface area contributed by atoms with Crippen molar-refractivity contribution < 1.29 is 34.1 Å². The summed E-state index contributed by atoms with van der Waals surface area (Å²) in [6, 6.07) is -1.31. The number of Topliss-reactive ketones (excluding diaryl/α,β-unsaturated/α-hetero) is 1. The summed E-state index contributed by atoms with van der Waals surface area (Å²) < 4.78 is 5.16. The molecule has 0 aromatic carbocycles. The molecule has 0 bridgehead atoms. The molecule has 1 unspecified atom stereocenters. The Labute approximate surface area is 126 Å². The third-order valence-corrected chi connectivity index (χ3v) is 2.78. The Hall–Kier alpha value is -2.52. The summed E-state index contributed by atoms with van der Waals surface area (Å²) in [5, 5.41) is 17.9. The first-order chi connectivity index (χ1) is 10.0. The third kappa shape index (κ3) is 4.79. The Bertz CT molecular complexity index is 486. The van der Waals surface area contributed by atoms with Crippen LogP contribution in [0.25, 0.3) is 0 Å². The van der Waals surface area contributed by atoms with E-state index in [1.165, 1.54) is 4.90 Å². The number of carbonyl (C=O) groups is 4. The minimum Gasteiger partial charge on any atom is -0.464 e. The summed E-state index contributed by atoms with van der Waals surface area (Å²) in [5.74, 6) is -0.476. The molecular weight excluding hydrogens is 298 g/mol. The maximum atomic E-state index is 12.0. The van der Waals surface area contributed by atoms with Crippen molar-refractivity contribution in [3.8, 4) is 0 Å². The smallest absolute Gasteiger partial charge is 0.427 e. The second-order valence-electron chi connectivity index (χ2n) is 5.73. The predicted molar refractivity (Wildman–Crippen MR) is 72.2 cm³/mol. The van der Waals surface area contributed by atoms with Crippen molar-refractivity contribution in [2.24, 2.45) is 0 Å². The van der Waals surface area contributed by atoms with Gasteiger partial charge in [-0.05, 0) is 20.8 Å². The first-order valence-electron chi connectivity index (χ1n) is 6.53. The molecular formula is C12H19N3O7. The quantitative estimate of drug-likeness (QED) is 0.606. The van der Waals surface area contributed by atoms with Crippen molar-refractivity contribution in [2.75, 3.05) is 13.1 Å². The summed E-state index contributed by atoms with van der Waals surface area (Å²) in [7, 11) is 0. The van der Waals surface area contributed by atoms with E-state index in [0.717, 1.165) is 0 Å². The fourth-order valence-electron chi connectivity index (χ4n) is 1.89. The van der Waals surface area contributed by atoms with Crippen molar-refractivity contribution >= 4 is 24.1 Å². The predicted octanol–water partition coefficient (Wildman–Crippen LogP) is 0.728. The van der Waals surface area contributed by atoms with Gasteiger partial charge in [-0.3, -0.25) is 4.79 Å². The summed E-state index contributed by atoms with van der Waals surface area (Å²) in [6.07, 6.45) is -4.03. The van der Waals surface area contributed by atoms with Crippen LogP contribution in [0.3, 0.4) is 0 Å². The number of ether oxygens (including phenoxy) is 1. The van der Waals surface area contributed by atoms with Crippen LogP contribution in [-0.2, 0) is 9.53 Å². The lowest BCUT2D eigenvalue weighted by atomic mass is 10.0. The number of hydrogen-bond acceptors (Lipinski definition) is 5. The monoisotopic (exact) mass is 317 g/mol. The SMILES string of the molecule is CC(C)(C)OC(=O)N1CCC(=O)C(N(NC(=O)O)C(=O)O)C1. The van der Waals surface area contributed by atoms with E-state index in [0.29, 0.717) is 0 Å². The summed E-state index contributed by atoms with van der Waals surface area (Å²) in [5.41, 5.74) is 0.902. The van der Waals surface area contributed by atoms with Gasteiger partial charge in [0.25, 0.3) is 0 Å². The van der Waals surface area contributed by atoms with Gasteiger partial charge in [0.1, 0.15) is 11.6 Å². The normalized spacial score (nSPS) is 18.6. The number of hydrogen-bond donors (Lipinski definition) is 3. The van der Waals surface area contributed by atoms with Gasteiger partial charge >= 0.3 is 18.3 Å². The van der Waals surface area contributed by atoms with Gasteiger partial charge in [-0.1, -0.05) is 0 Å². The van der Waals surface area contributed by atoms with E-state index >= 15 is 0 Å². The van der Waals surface area contributed by atoms with E-state index in [2.05, 4.69) is 0 Å². The molecule has 0 aliphatic carbocycles. The number of nitrogens with one attached hydrogen (secondary N) is 1. The molecule has 0 aromatic heterocycles. The van der Waals surface area contributed by atoms with Crippen LogP contribution in [0.5, 0.6) is 0 Å². The van der Waals surface area contributed by atoms with E-state index < -0.39 is 35.7 Å². The molecule has 1 fully saturated rings. The molecule has 1 aliphatic heterocycles. The van der Waals surface area contributed by atoms with Gasteiger partial charge in [0.15, 0.2) is 5.78 Å². The number of nitrogens with zero attached hydrogens (tertiary/aromatic N) is 2. The van der Waals surface area contributed by atoms with Crippen LogP contribution in [0, 0.1) is 0 Å². The highest BCUT2D eigenvalue weighted by molar-refractivity contribution is 5.90. The van der Waals surface area contributed by atoms with Crippen molar-refractivity contribution in [1.29, 1.82) is 0 Å². The van der Waals surface area contributed by atoms with Crippen molar-refractivity contribution in [3.05, 3.63) is 0 Å². The van der Waals surface area contributed by atoms with Crippen LogP contribution in [0.4, 0.5) is 14.4 Å². The Kier molecular flexibility index (Phi) is 5.18. The molecule has 0 radical (unpaired) electrons. The zero-order valence-electron chi connectivity index (χ0n) is 12.5. The molecule has 1 saturated heterocycles. The molecule has 3 N–H and O–H groups in total. The van der Waals surface area contributed by atoms with Gasteiger partial charge in [-0.25, -0.2) is 24.8 Å². The molecule has 1 rings (SSSR count). The molecule has 10 nitrogen and oxygen atoms in total. The largest absolute Gasteiger partial charge is 0.464 e. The molecule has 22 heavy (non-hydrogen) atoms. The second-order valence-corrected chi connectivity index (χ2v) is 5.73. The van der Waals surface area contributed by atoms with E-state index in [1.807, 2.05) is 0 Å². The van der Waals surface area contributed by atoms with Crippen LogP contribution in [-0.4, -0.2) is 68.9 Å². The van der Waals surface area contributed by atoms with Gasteiger partial charge in [-0.2, -0.15) is 0 Å². The molecule has 1 atom stereocenters. The molecule has 124 valence electrons. The number of ketones is 1. The fraction of sp³-hybridized carbons (Fsp3) is 0.667. The van der Waals surface area contributed by atoms with Gasteiger partial charge < -0.3 is 19.8 Å². The summed E-state index contributed by atoms with van der Waals surface area (Å²) in [4.78, 5) is 46.7. The second kappa shape index (κ2) is 6.50. The van der Waals surface area contributed by atoms with Crippen molar-refractivity contribution in [1.82, 2.24) is 15.3 Å². The first kappa shape index (κ1) is 17.5. The van der Waals surface area contributed by atoms with Crippen molar-refractivity contribution in [2.45, 2.75) is 38.8 Å². The van der Waals surface area contributed by atoms with E-state index in [9.17, 15) is 19.2 Å². The first-order valence-corrected chi connectivity index (χ1v) is 6.53. The summed E-state index contributed by atoms with van der Waals surface area (Å²) >= 11 is 0. The molecule has 3 amide bonds. The third-order valence-electron chi connectivity index (χ3n) is 2.78. The Balaban J connectivity index is 2.86. The van der Waals surface area contributed by atoms with Crippen LogP contribution in [0.2, 0.25) is 0 Å². The lowest BCUT2D eigenvalue weighted by Gasteiger charge is -2.36. The Morgan fingerprint density at radius 2 is 1.91 bits per heavy atom. The number of hydrazine groups is 1. The molecule has 0 spiro atoms. The average molecular weight is 317 g/mol. The van der Waals surface area contributed by atoms with Crippen LogP contribution < -0.4 is 5.43 Å². The zero-order chi connectivity index (χ0) is 17.1. The number of likely N-dealkylation sites (tertiary alicyclic amines) is 1. The standard InChI is InChI=1S/C12H19N3O7/c1-12(2,3)22-11(21)14-5-4-8(16)7(6-14)15(10(19)20)13-9(17)18/h7,13H,4-6H2,1-3H3,(H,17,18)(H,19,20). The van der Waals surface area contributed by atoms with E-state index in [1.54, 1.807) is 26.2 Å². The average Bonchev–Trinajstić information content (AvgIpc) is 2.34. The maximum Gasteiger partial charge on any atom is 0.427 e. The molecule has 10 heteroatoms. The molecule has 0 aromatic rings. The fourth-order valence-corrected chi connectivity index (χ4v) is 1.89. The topological polar surface area (TPSA) is 136 Å². The highest BCUT2D eigenvalue weighted by Crippen LogP contribution is 2.16. The van der Waals surface area contributed by atoms with Gasteiger partial charge in [0.2, 0.25) is 0 Å². The van der Waals surface area contributed by atoms with E-state index in [-0.39, 0.29) is 24.5 Å². The van der Waals surface area contributed by atoms with Crippen LogP contribution in [0.1, 0.15) is 27.2 Å². The highest BCUT2D eigenvalue weighted by Gasteiger charge is 2.38. The van der Waals surface area contributed by atoms with Gasteiger partial charge in [-0.15, -0.1) is 0 Å². The molecule has 1 aliphatic rings. The maximum absolute atomic E-state index is 12.0. The highest BCUT2D eigenvalue weighted by atomic mass is 16.6.